The summed E-state index contributed by atoms with van der Waals surface area (Å²) in [7, 11) is 0. The van der Waals surface area contributed by atoms with Gasteiger partial charge in [-0.1, -0.05) is 20.8 Å². The van der Waals surface area contributed by atoms with Crippen LogP contribution in [0.3, 0.4) is 0 Å². The molecule has 0 aliphatic rings. The summed E-state index contributed by atoms with van der Waals surface area (Å²) in [5.74, 6) is -0.204. The van der Waals surface area contributed by atoms with E-state index in [1.54, 1.807) is 6.07 Å². The van der Waals surface area contributed by atoms with Crippen LogP contribution in [0.5, 0.6) is 0 Å². The molecule has 0 radical (unpaired) electrons. The van der Waals surface area contributed by atoms with Crippen molar-refractivity contribution in [1.82, 2.24) is 4.57 Å². The lowest BCUT2D eigenvalue weighted by Crippen LogP contribution is -2.17. The average Bonchev–Trinajstić information content (AvgIpc) is 2.62. The molecule has 0 bridgehead atoms. The van der Waals surface area contributed by atoms with E-state index in [9.17, 15) is 4.39 Å². The van der Waals surface area contributed by atoms with E-state index in [-0.39, 0.29) is 11.2 Å². The number of nitrogens with zero attached hydrogens (tertiary/aromatic N) is 1. The first-order valence-corrected chi connectivity index (χ1v) is 6.66. The first-order valence-electron chi connectivity index (χ1n) is 5.87. The van der Waals surface area contributed by atoms with Crippen LogP contribution in [-0.2, 0) is 6.54 Å². The van der Waals surface area contributed by atoms with Crippen molar-refractivity contribution in [3.05, 3.63) is 34.7 Å². The molecule has 0 atom stereocenters. The monoisotopic (exact) mass is 297 g/mol. The van der Waals surface area contributed by atoms with Gasteiger partial charge in [-0.15, -0.1) is 0 Å². The van der Waals surface area contributed by atoms with Crippen molar-refractivity contribution in [3.63, 3.8) is 0 Å². The molecule has 0 saturated heterocycles. The van der Waals surface area contributed by atoms with Gasteiger partial charge in [0.05, 0.1) is 4.47 Å². The molecule has 0 aliphatic carbocycles. The molecule has 2 rings (SSSR count). The lowest BCUT2D eigenvalue weighted by atomic mass is 9.90. The Morgan fingerprint density at radius 1 is 1.35 bits per heavy atom. The number of rotatable bonds is 3. The molecule has 0 fully saturated rings. The van der Waals surface area contributed by atoms with Crippen molar-refractivity contribution in [2.45, 2.75) is 33.7 Å². The van der Waals surface area contributed by atoms with Gasteiger partial charge in [0, 0.05) is 23.6 Å². The summed E-state index contributed by atoms with van der Waals surface area (Å²) < 4.78 is 16.1. The van der Waals surface area contributed by atoms with Crippen molar-refractivity contribution in [2.75, 3.05) is 0 Å². The fourth-order valence-corrected chi connectivity index (χ4v) is 2.23. The smallest absolute Gasteiger partial charge is 0.138 e. The van der Waals surface area contributed by atoms with Crippen LogP contribution in [0.25, 0.3) is 10.9 Å². The summed E-state index contributed by atoms with van der Waals surface area (Å²) in [6, 6.07) is 5.40. The van der Waals surface area contributed by atoms with Gasteiger partial charge in [0.25, 0.3) is 0 Å². The van der Waals surface area contributed by atoms with Crippen LogP contribution in [0.2, 0.25) is 0 Å². The lowest BCUT2D eigenvalue weighted by molar-refractivity contribution is 0.299. The molecule has 0 unspecified atom stereocenters. The van der Waals surface area contributed by atoms with Crippen molar-refractivity contribution < 1.29 is 4.39 Å². The van der Waals surface area contributed by atoms with Crippen LogP contribution in [0.15, 0.2) is 28.9 Å². The topological polar surface area (TPSA) is 4.93 Å². The first kappa shape index (κ1) is 12.6. The Balaban J connectivity index is 2.46. The molecule has 1 nitrogen and oxygen atoms in total. The molecule has 3 heteroatoms. The molecule has 2 aromatic rings. The summed E-state index contributed by atoms with van der Waals surface area (Å²) in [6.07, 6.45) is 3.16. The van der Waals surface area contributed by atoms with Gasteiger partial charge >= 0.3 is 0 Å². The molecule has 1 aromatic carbocycles. The summed E-state index contributed by atoms with van der Waals surface area (Å²) in [5, 5.41) is 0.956. The quantitative estimate of drug-likeness (QED) is 0.753. The van der Waals surface area contributed by atoms with Gasteiger partial charge in [0.2, 0.25) is 0 Å². The summed E-state index contributed by atoms with van der Waals surface area (Å²) in [6.45, 7) is 7.64. The standard InChI is InChI=1S/C14H17BrFN/c1-4-14(2,3)9-17-6-5-10-7-12(16)11(15)8-13(10)17/h5-8H,4,9H2,1-3H3. The highest BCUT2D eigenvalue weighted by molar-refractivity contribution is 9.10. The molecule has 0 N–H and O–H groups in total. The number of halogens is 2. The molecular formula is C14H17BrFN. The third kappa shape index (κ3) is 2.54. The van der Waals surface area contributed by atoms with Crippen molar-refractivity contribution in [3.8, 4) is 0 Å². The Morgan fingerprint density at radius 2 is 2.06 bits per heavy atom. The normalized spacial score (nSPS) is 12.3. The zero-order valence-corrected chi connectivity index (χ0v) is 12.0. The van der Waals surface area contributed by atoms with E-state index in [1.807, 2.05) is 18.3 Å². The minimum atomic E-state index is -0.204. The van der Waals surface area contributed by atoms with Crippen LogP contribution in [0.4, 0.5) is 4.39 Å². The third-order valence-corrected chi connectivity index (χ3v) is 3.98. The number of hydrogen-bond acceptors (Lipinski definition) is 0. The second-order valence-corrected chi connectivity index (χ2v) is 6.14. The number of aromatic nitrogens is 1. The maximum Gasteiger partial charge on any atom is 0.138 e. The van der Waals surface area contributed by atoms with Gasteiger partial charge in [-0.05, 0) is 46.0 Å². The van der Waals surface area contributed by atoms with Gasteiger partial charge < -0.3 is 4.57 Å². The van der Waals surface area contributed by atoms with Gasteiger partial charge in [-0.3, -0.25) is 0 Å². The van der Waals surface area contributed by atoms with E-state index in [1.165, 1.54) is 0 Å². The highest BCUT2D eigenvalue weighted by Crippen LogP contribution is 2.28. The number of fused-ring (bicyclic) bond motifs is 1. The van der Waals surface area contributed by atoms with E-state index >= 15 is 0 Å². The van der Waals surface area contributed by atoms with E-state index in [4.69, 9.17) is 0 Å². The average molecular weight is 298 g/mol. The van der Waals surface area contributed by atoms with Gasteiger partial charge in [0.15, 0.2) is 0 Å². The van der Waals surface area contributed by atoms with Crippen molar-refractivity contribution >= 4 is 26.8 Å². The molecule has 1 aromatic heterocycles. The Bertz CT molecular complexity index is 542. The molecule has 0 aliphatic heterocycles. The zero-order chi connectivity index (χ0) is 12.6. The van der Waals surface area contributed by atoms with Crippen LogP contribution in [0.1, 0.15) is 27.2 Å². The zero-order valence-electron chi connectivity index (χ0n) is 10.4. The fourth-order valence-electron chi connectivity index (χ4n) is 1.90. The highest BCUT2D eigenvalue weighted by Gasteiger charge is 2.17. The van der Waals surface area contributed by atoms with E-state index in [0.29, 0.717) is 4.47 Å². The number of hydrogen-bond donors (Lipinski definition) is 0. The van der Waals surface area contributed by atoms with Crippen LogP contribution in [-0.4, -0.2) is 4.57 Å². The summed E-state index contributed by atoms with van der Waals surface area (Å²) >= 11 is 3.24. The molecule has 17 heavy (non-hydrogen) atoms. The van der Waals surface area contributed by atoms with E-state index in [2.05, 4.69) is 41.3 Å². The maximum atomic E-state index is 13.4. The largest absolute Gasteiger partial charge is 0.347 e. The third-order valence-electron chi connectivity index (χ3n) is 3.37. The highest BCUT2D eigenvalue weighted by atomic mass is 79.9. The van der Waals surface area contributed by atoms with Gasteiger partial charge in [0.1, 0.15) is 5.82 Å². The molecule has 0 spiro atoms. The fraction of sp³-hybridized carbons (Fsp3) is 0.429. The Hall–Kier alpha value is -0.830. The Morgan fingerprint density at radius 3 is 2.71 bits per heavy atom. The molecule has 92 valence electrons. The minimum absolute atomic E-state index is 0.204. The Kier molecular flexibility index (Phi) is 3.30. The van der Waals surface area contributed by atoms with Crippen LogP contribution < -0.4 is 0 Å². The van der Waals surface area contributed by atoms with Crippen LogP contribution in [0, 0.1) is 11.2 Å². The maximum absolute atomic E-state index is 13.4. The number of benzene rings is 1. The minimum Gasteiger partial charge on any atom is -0.347 e. The molecule has 0 amide bonds. The Labute approximate surface area is 110 Å². The second kappa shape index (κ2) is 4.45. The van der Waals surface area contributed by atoms with Crippen molar-refractivity contribution in [1.29, 1.82) is 0 Å². The summed E-state index contributed by atoms with van der Waals surface area (Å²) in [4.78, 5) is 0. The van der Waals surface area contributed by atoms with Gasteiger partial charge in [-0.25, -0.2) is 4.39 Å². The first-order chi connectivity index (χ1) is 7.93. The summed E-state index contributed by atoms with van der Waals surface area (Å²) in [5.41, 5.74) is 1.34. The predicted octanol–water partition coefficient (Wildman–Crippen LogP) is 4.98. The van der Waals surface area contributed by atoms with Crippen LogP contribution >= 0.6 is 15.9 Å². The van der Waals surface area contributed by atoms with Gasteiger partial charge in [-0.2, -0.15) is 0 Å². The molecule has 1 heterocycles. The predicted molar refractivity (Wildman–Crippen MR) is 73.7 cm³/mol. The second-order valence-electron chi connectivity index (χ2n) is 5.29. The van der Waals surface area contributed by atoms with E-state index in [0.717, 1.165) is 23.9 Å². The SMILES string of the molecule is CCC(C)(C)Cn1ccc2cc(F)c(Br)cc21. The van der Waals surface area contributed by atoms with Crippen molar-refractivity contribution in [2.24, 2.45) is 5.41 Å². The molecular weight excluding hydrogens is 281 g/mol. The van der Waals surface area contributed by atoms with E-state index < -0.39 is 0 Å². The lowest BCUT2D eigenvalue weighted by Gasteiger charge is -2.23. The molecule has 0 saturated carbocycles.